The van der Waals surface area contributed by atoms with Crippen LogP contribution in [0.2, 0.25) is 0 Å². The first-order chi connectivity index (χ1) is 11.2. The van der Waals surface area contributed by atoms with Crippen molar-refractivity contribution in [3.8, 4) is 0 Å². The Labute approximate surface area is 176 Å². The summed E-state index contributed by atoms with van der Waals surface area (Å²) >= 11 is 0. The average Bonchev–Trinajstić information content (AvgIpc) is 2.43. The zero-order valence-electron chi connectivity index (χ0n) is 18.9. The molecule has 0 bridgehead atoms. The first-order valence-electron chi connectivity index (χ1n) is 9.57. The molecule has 0 aliphatic heterocycles. The number of Topliss-reactive ketones (excluding diaryl/α,β-unsaturated/α-hetero) is 1. The molecule has 1 aromatic rings. The molecule has 26 heavy (non-hydrogen) atoms. The van der Waals surface area contributed by atoms with Gasteiger partial charge in [-0.3, -0.25) is 4.79 Å². The predicted octanol–water partition coefficient (Wildman–Crippen LogP) is 4.08. The summed E-state index contributed by atoms with van der Waals surface area (Å²) in [6, 6.07) is 4.57. The van der Waals surface area contributed by atoms with Crippen molar-refractivity contribution in [3.63, 3.8) is 0 Å². The second kappa shape index (κ2) is 9.41. The maximum atomic E-state index is 13.2. The van der Waals surface area contributed by atoms with Crippen LogP contribution in [0.25, 0.3) is 0 Å². The van der Waals surface area contributed by atoms with E-state index in [1.807, 2.05) is 0 Å². The Kier molecular flexibility index (Phi) is 9.38. The molecule has 0 saturated heterocycles. The Morgan fingerprint density at radius 1 is 0.808 bits per heavy atom. The summed E-state index contributed by atoms with van der Waals surface area (Å²) in [6.07, 6.45) is 3.56. The van der Waals surface area contributed by atoms with E-state index in [1.165, 1.54) is 16.7 Å². The number of carbonyl (C=O) groups excluding carboxylic acids is 1. The Morgan fingerprint density at radius 2 is 1.23 bits per heavy atom. The van der Waals surface area contributed by atoms with Crippen LogP contribution < -0.4 is 18.9 Å². The molecular formula is C23H38LiOP. The van der Waals surface area contributed by atoms with E-state index in [0.717, 1.165) is 24.6 Å². The molecule has 0 aliphatic rings. The van der Waals surface area contributed by atoms with Crippen LogP contribution in [0.5, 0.6) is 0 Å². The Balaban J connectivity index is 0.00000625. The number of ketones is 1. The molecule has 0 unspecified atom stereocenters. The first-order valence-corrected chi connectivity index (χ1v) is 10.3. The maximum absolute atomic E-state index is 13.2. The van der Waals surface area contributed by atoms with Gasteiger partial charge < -0.3 is 9.24 Å². The monoisotopic (exact) mass is 368 g/mol. The summed E-state index contributed by atoms with van der Waals surface area (Å²) in [5.41, 5.74) is 4.66. The molecule has 142 valence electrons. The van der Waals surface area contributed by atoms with Gasteiger partial charge in [0.2, 0.25) is 0 Å². The molecule has 1 rings (SSSR count). The summed E-state index contributed by atoms with van der Waals surface area (Å²) in [6.45, 7) is 20.1. The average molecular weight is 368 g/mol. The molecule has 0 amide bonds. The van der Waals surface area contributed by atoms with E-state index >= 15 is 0 Å². The van der Waals surface area contributed by atoms with Crippen molar-refractivity contribution in [1.82, 2.24) is 0 Å². The van der Waals surface area contributed by atoms with Crippen LogP contribution >= 0.6 is 9.24 Å². The topological polar surface area (TPSA) is 17.1 Å². The Morgan fingerprint density at radius 3 is 1.54 bits per heavy atom. The Hall–Kier alpha value is -0.0826. The molecule has 0 fully saturated rings. The van der Waals surface area contributed by atoms with Crippen molar-refractivity contribution in [2.75, 3.05) is 6.16 Å². The van der Waals surface area contributed by atoms with Crippen molar-refractivity contribution in [2.45, 2.75) is 97.8 Å². The number of hydrogen-bond donors (Lipinski definition) is 0. The minimum Gasteiger partial charge on any atom is -0.558 e. The number of benzene rings is 1. The molecule has 1 nitrogen and oxygen atoms in total. The molecule has 0 saturated carbocycles. The minimum atomic E-state index is -0.0542. The van der Waals surface area contributed by atoms with Gasteiger partial charge in [0.15, 0.2) is 5.78 Å². The minimum absolute atomic E-state index is 0. The maximum Gasteiger partial charge on any atom is 1.00 e. The summed E-state index contributed by atoms with van der Waals surface area (Å²) in [4.78, 5) is 13.2. The van der Waals surface area contributed by atoms with Gasteiger partial charge in [0.05, 0.1) is 0 Å². The summed E-state index contributed by atoms with van der Waals surface area (Å²) in [5.74, 6) is 0.301. The molecule has 0 aromatic heterocycles. The van der Waals surface area contributed by atoms with E-state index in [9.17, 15) is 4.79 Å². The van der Waals surface area contributed by atoms with Gasteiger partial charge in [-0.25, -0.2) is 0 Å². The molecule has 0 atom stereocenters. The van der Waals surface area contributed by atoms with Crippen molar-refractivity contribution >= 4 is 15.0 Å². The third-order valence-corrected chi connectivity index (χ3v) is 5.08. The molecule has 0 radical (unpaired) electrons. The fourth-order valence-electron chi connectivity index (χ4n) is 3.09. The molecule has 3 heteroatoms. The van der Waals surface area contributed by atoms with Gasteiger partial charge >= 0.3 is 18.9 Å². The predicted molar refractivity (Wildman–Crippen MR) is 114 cm³/mol. The summed E-state index contributed by atoms with van der Waals surface area (Å²) < 4.78 is 0. The van der Waals surface area contributed by atoms with Crippen LogP contribution in [-0.4, -0.2) is 11.9 Å². The smallest absolute Gasteiger partial charge is 0.558 e. The van der Waals surface area contributed by atoms with E-state index < -0.39 is 0 Å². The number of unbranched alkanes of at least 4 members (excludes halogenated alkanes) is 1. The van der Waals surface area contributed by atoms with E-state index in [1.54, 1.807) is 0 Å². The van der Waals surface area contributed by atoms with Gasteiger partial charge in [0.25, 0.3) is 0 Å². The SMILES string of the molecule is CC(C)(C)c1cc(C(C)(C)C)c(C(=O)CCCC[PH-])c(C(C)(C)C)c1.[Li+]. The van der Waals surface area contributed by atoms with Gasteiger partial charge in [-0.15, -0.1) is 0 Å². The van der Waals surface area contributed by atoms with Gasteiger partial charge in [-0.1, -0.05) is 80.9 Å². The van der Waals surface area contributed by atoms with E-state index in [-0.39, 0.29) is 35.1 Å². The zero-order chi connectivity index (χ0) is 19.6. The van der Waals surface area contributed by atoms with Crippen LogP contribution in [0.4, 0.5) is 0 Å². The normalized spacial score (nSPS) is 12.7. The molecule has 0 N–H and O–H groups in total. The van der Waals surface area contributed by atoms with Crippen molar-refractivity contribution in [2.24, 2.45) is 0 Å². The van der Waals surface area contributed by atoms with Gasteiger partial charge in [-0.05, 0) is 39.4 Å². The van der Waals surface area contributed by atoms with E-state index in [2.05, 4.69) is 83.7 Å². The van der Waals surface area contributed by atoms with Gasteiger partial charge in [-0.2, -0.15) is 6.16 Å². The van der Waals surface area contributed by atoms with Crippen LogP contribution in [-0.2, 0) is 16.2 Å². The zero-order valence-corrected chi connectivity index (χ0v) is 19.9. The standard InChI is InChI=1S/C23H38OP.Li/c1-21(2,3)16-14-17(22(4,5)6)20(18(15-16)23(7,8)9)19(24)12-10-11-13-25;/h14-15,25H,10-13H2,1-9H3;/q-1;+1. The number of carbonyl (C=O) groups is 1. The number of hydrogen-bond acceptors (Lipinski definition) is 1. The summed E-state index contributed by atoms with van der Waals surface area (Å²) in [7, 11) is 3.52. The quantitative estimate of drug-likeness (QED) is 0.331. The van der Waals surface area contributed by atoms with Crippen LogP contribution in [0.1, 0.15) is 109 Å². The van der Waals surface area contributed by atoms with Crippen molar-refractivity contribution in [1.29, 1.82) is 0 Å². The summed E-state index contributed by atoms with van der Waals surface area (Å²) in [5, 5.41) is 0. The van der Waals surface area contributed by atoms with E-state index in [4.69, 9.17) is 0 Å². The third-order valence-electron chi connectivity index (χ3n) is 4.73. The molecule has 0 heterocycles. The second-order valence-electron chi connectivity index (χ2n) is 10.3. The number of rotatable bonds is 5. The van der Waals surface area contributed by atoms with Crippen LogP contribution in [0.3, 0.4) is 0 Å². The van der Waals surface area contributed by atoms with Crippen molar-refractivity contribution < 1.29 is 23.7 Å². The molecule has 0 spiro atoms. The first kappa shape index (κ1) is 25.9. The largest absolute Gasteiger partial charge is 1.00 e. The van der Waals surface area contributed by atoms with Gasteiger partial charge in [0.1, 0.15) is 0 Å². The van der Waals surface area contributed by atoms with Crippen LogP contribution in [0, 0.1) is 0 Å². The fraction of sp³-hybridized carbons (Fsp3) is 0.696. The fourth-order valence-corrected chi connectivity index (χ4v) is 3.34. The Bertz CT molecular complexity index is 578. The second-order valence-corrected chi connectivity index (χ2v) is 10.8. The molecule has 0 aliphatic carbocycles. The molecule has 1 aromatic carbocycles. The van der Waals surface area contributed by atoms with Gasteiger partial charge in [0, 0.05) is 12.0 Å². The molecular weight excluding hydrogens is 330 g/mol. The van der Waals surface area contributed by atoms with Crippen molar-refractivity contribution in [3.05, 3.63) is 34.4 Å². The van der Waals surface area contributed by atoms with Crippen LogP contribution in [0.15, 0.2) is 12.1 Å². The van der Waals surface area contributed by atoms with E-state index in [0.29, 0.717) is 12.2 Å². The third kappa shape index (κ3) is 6.82.